The molecule has 2 heteroatoms. The average molecular weight is 362 g/mol. The Bertz CT molecular complexity index is 775. The van der Waals surface area contributed by atoms with Crippen LogP contribution >= 0.6 is 0 Å². The molecule has 0 aliphatic carbocycles. The third-order valence-corrected chi connectivity index (χ3v) is 5.24. The van der Waals surface area contributed by atoms with E-state index in [0.29, 0.717) is 0 Å². The third-order valence-electron chi connectivity index (χ3n) is 5.24. The summed E-state index contributed by atoms with van der Waals surface area (Å²) in [5, 5.41) is 0. The minimum absolute atomic E-state index is 0.937. The van der Waals surface area contributed by atoms with E-state index in [1.807, 2.05) is 0 Å². The van der Waals surface area contributed by atoms with Crippen LogP contribution in [0.4, 0.5) is 0 Å². The largest absolute Gasteiger partial charge is 0.261 e. The summed E-state index contributed by atoms with van der Waals surface area (Å²) in [6.07, 6.45) is 13.6. The summed E-state index contributed by atoms with van der Waals surface area (Å²) < 4.78 is 4.88. The van der Waals surface area contributed by atoms with E-state index in [2.05, 4.69) is 89.1 Å². The van der Waals surface area contributed by atoms with Gasteiger partial charge < -0.3 is 0 Å². The van der Waals surface area contributed by atoms with Gasteiger partial charge in [-0.2, -0.15) is 0 Å². The topological polar surface area (TPSA) is 8.81 Å². The van der Waals surface area contributed by atoms with E-state index in [0.717, 1.165) is 19.5 Å². The van der Waals surface area contributed by atoms with Gasteiger partial charge in [-0.25, -0.2) is 9.13 Å². The van der Waals surface area contributed by atoms with Crippen LogP contribution in [0.25, 0.3) is 0 Å². The van der Waals surface area contributed by atoms with E-state index in [9.17, 15) is 0 Å². The summed E-state index contributed by atoms with van der Waals surface area (Å²) in [5.41, 5.74) is 2.73. The van der Waals surface area contributed by atoms with Crippen molar-refractivity contribution in [2.24, 2.45) is 0 Å². The molecule has 0 bridgehead atoms. The number of imidazole rings is 1. The zero-order valence-corrected chi connectivity index (χ0v) is 16.7. The van der Waals surface area contributed by atoms with Crippen molar-refractivity contribution in [2.45, 2.75) is 65.0 Å². The Hall–Kier alpha value is -2.35. The molecule has 0 amide bonds. The lowest BCUT2D eigenvalue weighted by molar-refractivity contribution is -0.703. The molecular weight excluding hydrogens is 328 g/mol. The van der Waals surface area contributed by atoms with Crippen LogP contribution in [0, 0.1) is 0 Å². The van der Waals surface area contributed by atoms with Crippen LogP contribution in [0.5, 0.6) is 0 Å². The lowest BCUT2D eigenvalue weighted by Gasteiger charge is -2.07. The minimum atomic E-state index is 0.937. The van der Waals surface area contributed by atoms with Gasteiger partial charge in [0, 0.05) is 0 Å². The Balaban J connectivity index is 1.70. The second kappa shape index (κ2) is 10.7. The Morgan fingerprint density at radius 3 is 2.07 bits per heavy atom. The van der Waals surface area contributed by atoms with E-state index < -0.39 is 0 Å². The first-order valence-corrected chi connectivity index (χ1v) is 10.5. The van der Waals surface area contributed by atoms with Crippen LogP contribution in [0.2, 0.25) is 0 Å². The maximum atomic E-state index is 2.47. The number of aromatic nitrogens is 2. The van der Waals surface area contributed by atoms with Crippen molar-refractivity contribution >= 4 is 0 Å². The van der Waals surface area contributed by atoms with Crippen LogP contribution < -0.4 is 4.57 Å². The molecule has 2 nitrogen and oxygen atoms in total. The zero-order chi connectivity index (χ0) is 18.7. The predicted molar refractivity (Wildman–Crippen MR) is 113 cm³/mol. The molecule has 0 radical (unpaired) electrons. The molecule has 27 heavy (non-hydrogen) atoms. The van der Waals surface area contributed by atoms with Gasteiger partial charge in [0.1, 0.15) is 18.9 Å². The van der Waals surface area contributed by atoms with Crippen molar-refractivity contribution in [3.8, 4) is 0 Å². The van der Waals surface area contributed by atoms with Gasteiger partial charge in [-0.15, -0.1) is 0 Å². The maximum Gasteiger partial charge on any atom is 0.261 e. The highest BCUT2D eigenvalue weighted by Crippen LogP contribution is 2.11. The van der Waals surface area contributed by atoms with Gasteiger partial charge in [0.2, 0.25) is 0 Å². The number of nitrogens with zero attached hydrogens (tertiary/aromatic N) is 2. The van der Waals surface area contributed by atoms with Gasteiger partial charge in [0.15, 0.2) is 0 Å². The maximum absolute atomic E-state index is 2.47. The van der Waals surface area contributed by atoms with Crippen molar-refractivity contribution in [2.75, 3.05) is 0 Å². The van der Waals surface area contributed by atoms with Crippen molar-refractivity contribution in [3.63, 3.8) is 0 Å². The van der Waals surface area contributed by atoms with E-state index in [4.69, 9.17) is 0 Å². The fourth-order valence-corrected chi connectivity index (χ4v) is 3.67. The normalized spacial score (nSPS) is 11.0. The van der Waals surface area contributed by atoms with Crippen molar-refractivity contribution in [1.29, 1.82) is 0 Å². The molecule has 1 aromatic heterocycles. The third kappa shape index (κ3) is 6.09. The van der Waals surface area contributed by atoms with Gasteiger partial charge in [-0.05, 0) is 24.0 Å². The molecule has 0 aliphatic rings. The summed E-state index contributed by atoms with van der Waals surface area (Å²) in [6.45, 7) is 4.34. The quantitative estimate of drug-likeness (QED) is 0.302. The van der Waals surface area contributed by atoms with Gasteiger partial charge in [0.05, 0.1) is 13.0 Å². The summed E-state index contributed by atoms with van der Waals surface area (Å²) in [6, 6.07) is 21.6. The highest BCUT2D eigenvalue weighted by atomic mass is 15.1. The fraction of sp³-hybridized carbons (Fsp3) is 0.400. The molecule has 3 rings (SSSR count). The number of unbranched alkanes of at least 4 members (excludes halogenated alkanes) is 5. The van der Waals surface area contributed by atoms with Gasteiger partial charge >= 0.3 is 0 Å². The molecule has 0 atom stereocenters. The molecular formula is C25H33N2+. The standard InChI is InChI=1S/C25H33N2/c1-2-3-4-5-6-13-18-26-19-20-27(22-24-16-11-8-12-17-24)25(26)21-23-14-9-7-10-15-23/h7-12,14-17,19-20H,2-6,13,18,21-22H2,1H3/q+1. The number of benzene rings is 2. The smallest absolute Gasteiger partial charge is 0.234 e. The van der Waals surface area contributed by atoms with Crippen molar-refractivity contribution in [1.82, 2.24) is 4.57 Å². The van der Waals surface area contributed by atoms with E-state index in [-0.39, 0.29) is 0 Å². The molecule has 0 saturated carbocycles. The fourth-order valence-electron chi connectivity index (χ4n) is 3.67. The van der Waals surface area contributed by atoms with Crippen LogP contribution in [0.15, 0.2) is 73.1 Å². The molecule has 0 aliphatic heterocycles. The second-order valence-electron chi connectivity index (χ2n) is 7.45. The van der Waals surface area contributed by atoms with Crippen LogP contribution in [-0.4, -0.2) is 4.57 Å². The molecule has 1 heterocycles. The molecule has 0 spiro atoms. The number of hydrogen-bond donors (Lipinski definition) is 0. The number of aryl methyl sites for hydroxylation is 1. The minimum Gasteiger partial charge on any atom is -0.234 e. The predicted octanol–water partition coefficient (Wildman–Crippen LogP) is 5.78. The first-order valence-electron chi connectivity index (χ1n) is 10.5. The molecule has 142 valence electrons. The monoisotopic (exact) mass is 361 g/mol. The summed E-state index contributed by atoms with van der Waals surface area (Å²) in [5.74, 6) is 1.40. The van der Waals surface area contributed by atoms with Gasteiger partial charge in [0.25, 0.3) is 5.82 Å². The summed E-state index contributed by atoms with van der Waals surface area (Å²) >= 11 is 0. The molecule has 3 aromatic rings. The average Bonchev–Trinajstić information content (AvgIpc) is 3.07. The molecule has 0 unspecified atom stereocenters. The van der Waals surface area contributed by atoms with Crippen molar-refractivity contribution < 1.29 is 4.57 Å². The summed E-state index contributed by atoms with van der Waals surface area (Å²) in [4.78, 5) is 0. The zero-order valence-electron chi connectivity index (χ0n) is 16.7. The molecule has 2 aromatic carbocycles. The first kappa shape index (κ1) is 19.4. The Morgan fingerprint density at radius 2 is 1.37 bits per heavy atom. The van der Waals surface area contributed by atoms with Gasteiger partial charge in [-0.1, -0.05) is 93.3 Å². The molecule has 0 saturated heterocycles. The van der Waals surface area contributed by atoms with E-state index in [1.165, 1.54) is 55.5 Å². The number of rotatable bonds is 11. The Kier molecular flexibility index (Phi) is 7.70. The lowest BCUT2D eigenvalue weighted by atomic mass is 10.1. The van der Waals surface area contributed by atoms with Crippen molar-refractivity contribution in [3.05, 3.63) is 90.0 Å². The SMILES string of the molecule is CCCCCCCC[n+]1ccn(Cc2ccccc2)c1Cc1ccccc1. The first-order chi connectivity index (χ1) is 13.4. The highest BCUT2D eigenvalue weighted by Gasteiger charge is 2.17. The molecule has 0 N–H and O–H groups in total. The summed E-state index contributed by atoms with van der Waals surface area (Å²) in [7, 11) is 0. The van der Waals surface area contributed by atoms with Crippen LogP contribution in [0.1, 0.15) is 62.4 Å². The number of hydrogen-bond acceptors (Lipinski definition) is 0. The Morgan fingerprint density at radius 1 is 0.741 bits per heavy atom. The Labute approximate surface area is 164 Å². The van der Waals surface area contributed by atoms with E-state index in [1.54, 1.807) is 0 Å². The van der Waals surface area contributed by atoms with Crippen LogP contribution in [0.3, 0.4) is 0 Å². The molecule has 0 fully saturated rings. The van der Waals surface area contributed by atoms with Gasteiger partial charge in [-0.3, -0.25) is 0 Å². The van der Waals surface area contributed by atoms with E-state index >= 15 is 0 Å². The second-order valence-corrected chi connectivity index (χ2v) is 7.45. The van der Waals surface area contributed by atoms with Crippen LogP contribution in [-0.2, 0) is 19.5 Å². The highest BCUT2D eigenvalue weighted by molar-refractivity contribution is 5.19. The lowest BCUT2D eigenvalue weighted by Crippen LogP contribution is -2.37.